The average molecular weight is 281 g/mol. The maximum Gasteiger partial charge on any atom is 0.314 e. The summed E-state index contributed by atoms with van der Waals surface area (Å²) in [5.41, 5.74) is 0. The Morgan fingerprint density at radius 3 is 1.33 bits per heavy atom. The third kappa shape index (κ3) is 8.58. The van der Waals surface area contributed by atoms with E-state index in [0.29, 0.717) is 0 Å². The van der Waals surface area contributed by atoms with Crippen LogP contribution in [0.25, 0.3) is 0 Å². The Morgan fingerprint density at radius 1 is 0.800 bits per heavy atom. The van der Waals surface area contributed by atoms with Crippen LogP contribution in [0.3, 0.4) is 0 Å². The number of hydrogen-bond donors (Lipinski definition) is 0. The fraction of sp³-hybridized carbons (Fsp3) is 1.00. The first-order valence-corrected chi connectivity index (χ1v) is 16.6. The largest absolute Gasteiger partial charge is 0.437 e. The molecule has 6 heteroatoms. The lowest BCUT2D eigenvalue weighted by Gasteiger charge is -2.38. The van der Waals surface area contributed by atoms with Gasteiger partial charge in [0.05, 0.1) is 0 Å². The van der Waals surface area contributed by atoms with Crippen LogP contribution in [0.15, 0.2) is 0 Å². The SMILES string of the molecule is C[Si](C)(C)O[Si](C)(CC[SiH3])O[Si](C)(C)C. The summed E-state index contributed by atoms with van der Waals surface area (Å²) < 4.78 is 12.7. The maximum atomic E-state index is 6.35. The minimum Gasteiger partial charge on any atom is -0.437 e. The van der Waals surface area contributed by atoms with Gasteiger partial charge in [-0.1, -0.05) is 6.04 Å². The highest BCUT2D eigenvalue weighted by atomic mass is 28.5. The summed E-state index contributed by atoms with van der Waals surface area (Å²) in [6.45, 7) is 15.8. The van der Waals surface area contributed by atoms with Gasteiger partial charge in [0, 0.05) is 10.2 Å². The van der Waals surface area contributed by atoms with Gasteiger partial charge < -0.3 is 8.23 Å². The topological polar surface area (TPSA) is 18.5 Å². The van der Waals surface area contributed by atoms with Crippen molar-refractivity contribution in [2.24, 2.45) is 0 Å². The van der Waals surface area contributed by atoms with Gasteiger partial charge in [-0.25, -0.2) is 0 Å². The third-order valence-corrected chi connectivity index (χ3v) is 13.0. The molecule has 0 saturated carbocycles. The molecule has 0 aromatic rings. The molecule has 0 radical (unpaired) electrons. The molecule has 0 heterocycles. The maximum absolute atomic E-state index is 6.35. The molecule has 0 aliphatic heterocycles. The van der Waals surface area contributed by atoms with E-state index in [1.807, 2.05) is 0 Å². The van der Waals surface area contributed by atoms with Crippen LogP contribution >= 0.6 is 0 Å². The Morgan fingerprint density at radius 2 is 1.13 bits per heavy atom. The summed E-state index contributed by atoms with van der Waals surface area (Å²) >= 11 is 0. The zero-order chi connectivity index (χ0) is 12.3. The molecule has 0 atom stereocenters. The molecule has 0 aliphatic carbocycles. The Bertz CT molecular complexity index is 179. The van der Waals surface area contributed by atoms with Crippen molar-refractivity contribution in [3.63, 3.8) is 0 Å². The molecule has 0 aliphatic rings. The second kappa shape index (κ2) is 5.41. The van der Waals surface area contributed by atoms with E-state index in [1.54, 1.807) is 0 Å². The lowest BCUT2D eigenvalue weighted by molar-refractivity contribution is 0.386. The number of hydrogen-bond acceptors (Lipinski definition) is 2. The summed E-state index contributed by atoms with van der Waals surface area (Å²) in [7, 11) is -3.51. The van der Waals surface area contributed by atoms with Crippen LogP contribution in [-0.2, 0) is 8.23 Å². The number of rotatable bonds is 6. The summed E-state index contributed by atoms with van der Waals surface area (Å²) in [5.74, 6) is 0. The molecule has 0 unspecified atom stereocenters. The van der Waals surface area contributed by atoms with Crippen LogP contribution in [-0.4, -0.2) is 35.4 Å². The summed E-state index contributed by atoms with van der Waals surface area (Å²) in [6, 6.07) is 2.49. The first-order chi connectivity index (χ1) is 6.47. The van der Waals surface area contributed by atoms with Gasteiger partial charge in [0.1, 0.15) is 0 Å². The lowest BCUT2D eigenvalue weighted by Crippen LogP contribution is -2.52. The van der Waals surface area contributed by atoms with Crippen LogP contribution in [0, 0.1) is 0 Å². The second-order valence-corrected chi connectivity index (χ2v) is 20.2. The molecule has 0 rings (SSSR count). The molecular formula is C9H28O2Si4. The van der Waals surface area contributed by atoms with Crippen molar-refractivity contribution >= 4 is 35.4 Å². The molecule has 0 bridgehead atoms. The molecule has 92 valence electrons. The quantitative estimate of drug-likeness (QED) is 0.696. The van der Waals surface area contributed by atoms with E-state index in [-0.39, 0.29) is 0 Å². The van der Waals surface area contributed by atoms with Crippen molar-refractivity contribution in [2.45, 2.75) is 57.9 Å². The average Bonchev–Trinajstić information content (AvgIpc) is 1.74. The second-order valence-electron chi connectivity index (χ2n) is 6.31. The molecule has 15 heavy (non-hydrogen) atoms. The predicted octanol–water partition coefficient (Wildman–Crippen LogP) is 2.55. The van der Waals surface area contributed by atoms with E-state index in [1.165, 1.54) is 22.3 Å². The fourth-order valence-electron chi connectivity index (χ4n) is 1.87. The van der Waals surface area contributed by atoms with Gasteiger partial charge >= 0.3 is 8.56 Å². The molecule has 0 amide bonds. The fourth-order valence-corrected chi connectivity index (χ4v) is 17.2. The van der Waals surface area contributed by atoms with Gasteiger partial charge in [-0.3, -0.25) is 0 Å². The van der Waals surface area contributed by atoms with Gasteiger partial charge in [0.25, 0.3) is 0 Å². The first-order valence-electron chi connectivity index (χ1n) is 5.88. The van der Waals surface area contributed by atoms with Gasteiger partial charge in [-0.2, -0.15) is 0 Å². The van der Waals surface area contributed by atoms with Gasteiger partial charge in [-0.15, -0.1) is 0 Å². The Hall–Kier alpha value is 0.788. The zero-order valence-electron chi connectivity index (χ0n) is 11.7. The van der Waals surface area contributed by atoms with Crippen LogP contribution in [0.1, 0.15) is 0 Å². The monoisotopic (exact) mass is 280 g/mol. The molecule has 0 saturated heterocycles. The minimum absolute atomic E-state index is 1.19. The van der Waals surface area contributed by atoms with Crippen molar-refractivity contribution in [3.05, 3.63) is 0 Å². The summed E-state index contributed by atoms with van der Waals surface area (Å²) in [6.07, 6.45) is 0. The highest BCUT2D eigenvalue weighted by molar-refractivity contribution is 6.87. The van der Waals surface area contributed by atoms with Crippen molar-refractivity contribution in [1.29, 1.82) is 0 Å². The van der Waals surface area contributed by atoms with Crippen molar-refractivity contribution in [3.8, 4) is 0 Å². The summed E-state index contributed by atoms with van der Waals surface area (Å²) in [5, 5.41) is 0. The molecule has 0 N–H and O–H groups in total. The molecule has 0 aromatic carbocycles. The molecule has 2 nitrogen and oxygen atoms in total. The first kappa shape index (κ1) is 15.8. The van der Waals surface area contributed by atoms with Gasteiger partial charge in [0.15, 0.2) is 16.6 Å². The third-order valence-electron chi connectivity index (χ3n) is 1.75. The van der Waals surface area contributed by atoms with E-state index in [2.05, 4.69) is 45.8 Å². The van der Waals surface area contributed by atoms with Crippen LogP contribution in [0.4, 0.5) is 0 Å². The molecular weight excluding hydrogens is 252 g/mol. The van der Waals surface area contributed by atoms with E-state index in [4.69, 9.17) is 8.23 Å². The van der Waals surface area contributed by atoms with Crippen LogP contribution in [0.2, 0.25) is 57.9 Å². The Balaban J connectivity index is 4.59. The van der Waals surface area contributed by atoms with E-state index in [9.17, 15) is 0 Å². The van der Waals surface area contributed by atoms with Gasteiger partial charge in [-0.05, 0) is 51.9 Å². The van der Waals surface area contributed by atoms with Crippen LogP contribution < -0.4 is 0 Å². The van der Waals surface area contributed by atoms with Gasteiger partial charge in [0.2, 0.25) is 0 Å². The standard InChI is InChI=1S/C9H28O2Si4/c1-13(2,3)10-15(7,9-8-12)11-14(4,5)6/h8-9H2,1-7,12H3. The minimum atomic E-state index is -1.86. The molecule has 0 aromatic heterocycles. The predicted molar refractivity (Wildman–Crippen MR) is 80.0 cm³/mol. The molecule has 0 spiro atoms. The highest BCUT2D eigenvalue weighted by Crippen LogP contribution is 2.24. The molecule has 0 fully saturated rings. The Labute approximate surface area is 102 Å². The lowest BCUT2D eigenvalue weighted by atomic mass is 11.0. The normalized spacial score (nSPS) is 14.6. The zero-order valence-corrected chi connectivity index (χ0v) is 16.7. The summed E-state index contributed by atoms with van der Waals surface area (Å²) in [4.78, 5) is 0. The van der Waals surface area contributed by atoms with Crippen LogP contribution in [0.5, 0.6) is 0 Å². The van der Waals surface area contributed by atoms with E-state index >= 15 is 0 Å². The van der Waals surface area contributed by atoms with Crippen molar-refractivity contribution < 1.29 is 8.23 Å². The van der Waals surface area contributed by atoms with E-state index in [0.717, 1.165) is 0 Å². The Kier molecular flexibility index (Phi) is 5.70. The van der Waals surface area contributed by atoms with Crippen molar-refractivity contribution in [1.82, 2.24) is 0 Å². The van der Waals surface area contributed by atoms with E-state index < -0.39 is 25.2 Å². The highest BCUT2D eigenvalue weighted by Gasteiger charge is 2.39. The smallest absolute Gasteiger partial charge is 0.314 e. The van der Waals surface area contributed by atoms with Crippen molar-refractivity contribution in [2.75, 3.05) is 0 Å².